The maximum atomic E-state index is 2.50. The molecule has 3 heteroatoms. The van der Waals surface area contributed by atoms with Crippen molar-refractivity contribution in [2.24, 2.45) is 0 Å². The Bertz CT molecular complexity index is 3070. The first-order valence-electron chi connectivity index (χ1n) is 18.6. The molecular weight excluding hydrogens is 673 g/mol. The summed E-state index contributed by atoms with van der Waals surface area (Å²) in [6.07, 6.45) is 2.22. The third-order valence-electron chi connectivity index (χ3n) is 11.9. The van der Waals surface area contributed by atoms with Crippen LogP contribution in [0.15, 0.2) is 194 Å². The van der Waals surface area contributed by atoms with E-state index in [1.807, 2.05) is 11.3 Å². The zero-order valence-corrected chi connectivity index (χ0v) is 30.1. The summed E-state index contributed by atoms with van der Waals surface area (Å²) in [7, 11) is 0. The van der Waals surface area contributed by atoms with E-state index in [2.05, 4.69) is 203 Å². The van der Waals surface area contributed by atoms with Gasteiger partial charge in [0.05, 0.1) is 21.3 Å². The molecule has 0 amide bonds. The number of anilines is 3. The molecule has 1 spiro atoms. The molecule has 252 valence electrons. The molecule has 2 heterocycles. The Morgan fingerprint density at radius 3 is 1.76 bits per heavy atom. The van der Waals surface area contributed by atoms with E-state index in [4.69, 9.17) is 0 Å². The summed E-state index contributed by atoms with van der Waals surface area (Å²) in [5, 5.41) is 7.17. The molecule has 0 fully saturated rings. The zero-order chi connectivity index (χ0) is 35.4. The Balaban J connectivity index is 1.16. The van der Waals surface area contributed by atoms with Gasteiger partial charge in [0.25, 0.3) is 0 Å². The maximum absolute atomic E-state index is 2.50. The number of hydrogen-bond acceptors (Lipinski definition) is 2. The quantitative estimate of drug-likeness (QED) is 0.177. The van der Waals surface area contributed by atoms with Gasteiger partial charge in [-0.05, 0) is 115 Å². The van der Waals surface area contributed by atoms with Crippen molar-refractivity contribution in [2.45, 2.75) is 5.41 Å². The van der Waals surface area contributed by atoms with E-state index in [1.165, 1.54) is 87.6 Å². The molecule has 0 radical (unpaired) electrons. The number of hydrogen-bond donors (Lipinski definition) is 0. The summed E-state index contributed by atoms with van der Waals surface area (Å²) >= 11 is 1.82. The van der Waals surface area contributed by atoms with Gasteiger partial charge in [0.15, 0.2) is 0 Å². The molecule has 54 heavy (non-hydrogen) atoms. The van der Waals surface area contributed by atoms with Crippen LogP contribution in [0.1, 0.15) is 22.3 Å². The first-order chi connectivity index (χ1) is 26.8. The second-order valence-corrected chi connectivity index (χ2v) is 15.4. The lowest BCUT2D eigenvalue weighted by Crippen LogP contribution is -2.26. The van der Waals surface area contributed by atoms with Crippen molar-refractivity contribution < 1.29 is 0 Å². The molecule has 0 saturated carbocycles. The number of rotatable bonds is 4. The van der Waals surface area contributed by atoms with E-state index < -0.39 is 5.41 Å². The number of aromatic nitrogens is 1. The van der Waals surface area contributed by atoms with Crippen LogP contribution in [0.25, 0.3) is 59.7 Å². The highest BCUT2D eigenvalue weighted by Gasteiger charge is 2.51. The average Bonchev–Trinajstić information content (AvgIpc) is 4.02. The largest absolute Gasteiger partial charge is 0.315 e. The predicted molar refractivity (Wildman–Crippen MR) is 227 cm³/mol. The standard InChI is InChI=1S/C51H32N2S/c1-2-14-36(15-3-1)52-28-26-35-31-48(43-27-29-54-50(43)49(35)52)53(37-23-22-33-12-4-5-13-34(33)30-37)38-24-25-42-41-18-8-11-21-46(41)51(47(42)32-38)44-19-9-6-16-39(44)40-17-7-10-20-45(40)51/h1-32H. The van der Waals surface area contributed by atoms with Crippen LogP contribution in [0.3, 0.4) is 0 Å². The first kappa shape index (κ1) is 29.9. The molecule has 0 N–H and O–H groups in total. The molecule has 10 aromatic rings. The monoisotopic (exact) mass is 704 g/mol. The van der Waals surface area contributed by atoms with E-state index in [1.54, 1.807) is 0 Å². The molecule has 0 unspecified atom stereocenters. The van der Waals surface area contributed by atoms with Crippen LogP contribution >= 0.6 is 11.3 Å². The van der Waals surface area contributed by atoms with Gasteiger partial charge in [0.2, 0.25) is 0 Å². The summed E-state index contributed by atoms with van der Waals surface area (Å²) in [6.45, 7) is 0. The van der Waals surface area contributed by atoms with E-state index in [0.717, 1.165) is 11.4 Å². The Hall–Kier alpha value is -6.68. The third-order valence-corrected chi connectivity index (χ3v) is 12.8. The van der Waals surface area contributed by atoms with E-state index in [9.17, 15) is 0 Å². The minimum absolute atomic E-state index is 0.418. The Morgan fingerprint density at radius 1 is 0.444 bits per heavy atom. The fourth-order valence-corrected chi connectivity index (χ4v) is 10.6. The molecule has 2 aliphatic rings. The lowest BCUT2D eigenvalue weighted by Gasteiger charge is -2.32. The van der Waals surface area contributed by atoms with Gasteiger partial charge in [-0.1, -0.05) is 127 Å². The van der Waals surface area contributed by atoms with Gasteiger partial charge in [-0.2, -0.15) is 0 Å². The molecule has 2 aliphatic carbocycles. The highest BCUT2D eigenvalue weighted by Crippen LogP contribution is 2.63. The van der Waals surface area contributed by atoms with Gasteiger partial charge in [-0.25, -0.2) is 0 Å². The topological polar surface area (TPSA) is 8.17 Å². The van der Waals surface area contributed by atoms with Crippen molar-refractivity contribution >= 4 is 60.2 Å². The highest BCUT2D eigenvalue weighted by molar-refractivity contribution is 7.18. The number of thiophene rings is 1. The molecule has 2 nitrogen and oxygen atoms in total. The molecule has 0 atom stereocenters. The van der Waals surface area contributed by atoms with Crippen molar-refractivity contribution in [3.63, 3.8) is 0 Å². The normalized spacial score (nSPS) is 13.3. The van der Waals surface area contributed by atoms with Crippen molar-refractivity contribution in [1.82, 2.24) is 4.57 Å². The van der Waals surface area contributed by atoms with E-state index in [-0.39, 0.29) is 0 Å². The van der Waals surface area contributed by atoms with Crippen molar-refractivity contribution in [1.29, 1.82) is 0 Å². The van der Waals surface area contributed by atoms with Gasteiger partial charge >= 0.3 is 0 Å². The molecular formula is C51H32N2S. The average molecular weight is 705 g/mol. The van der Waals surface area contributed by atoms with Crippen LogP contribution in [-0.2, 0) is 5.41 Å². The van der Waals surface area contributed by atoms with Crippen molar-refractivity contribution in [3.05, 3.63) is 216 Å². The maximum Gasteiger partial charge on any atom is 0.0726 e. The predicted octanol–water partition coefficient (Wildman–Crippen LogP) is 13.8. The van der Waals surface area contributed by atoms with Crippen molar-refractivity contribution in [3.8, 4) is 27.9 Å². The Morgan fingerprint density at radius 2 is 1.04 bits per heavy atom. The minimum Gasteiger partial charge on any atom is -0.315 e. The summed E-state index contributed by atoms with van der Waals surface area (Å²) in [5.74, 6) is 0. The fourth-order valence-electron chi connectivity index (χ4n) is 9.68. The number of fused-ring (bicyclic) bond motifs is 14. The van der Waals surface area contributed by atoms with Gasteiger partial charge in [-0.15, -0.1) is 11.3 Å². The zero-order valence-electron chi connectivity index (χ0n) is 29.3. The number of para-hydroxylation sites is 1. The SMILES string of the molecule is c1ccc(-n2ccc3cc(N(c4ccc5c(c4)C4(c6ccccc6-c6ccccc64)c4ccccc4-5)c4ccc5ccccc5c4)c4ccsc4c32)cc1. The summed E-state index contributed by atoms with van der Waals surface area (Å²) < 4.78 is 3.62. The van der Waals surface area contributed by atoms with E-state index >= 15 is 0 Å². The van der Waals surface area contributed by atoms with Gasteiger partial charge in [0.1, 0.15) is 0 Å². The van der Waals surface area contributed by atoms with Crippen LogP contribution in [0.4, 0.5) is 17.1 Å². The third kappa shape index (κ3) is 3.94. The molecule has 0 aliphatic heterocycles. The lowest BCUT2D eigenvalue weighted by atomic mass is 9.70. The van der Waals surface area contributed by atoms with E-state index in [0.29, 0.717) is 0 Å². The molecule has 12 rings (SSSR count). The summed E-state index contributed by atoms with van der Waals surface area (Å²) in [4.78, 5) is 2.50. The molecule has 8 aromatic carbocycles. The number of benzene rings is 8. The number of nitrogens with zero attached hydrogens (tertiary/aromatic N) is 2. The Kier molecular flexibility index (Phi) is 6.17. The smallest absolute Gasteiger partial charge is 0.0726 e. The van der Waals surface area contributed by atoms with Crippen LogP contribution < -0.4 is 4.90 Å². The lowest BCUT2D eigenvalue weighted by molar-refractivity contribution is 0.793. The first-order valence-corrected chi connectivity index (χ1v) is 19.5. The summed E-state index contributed by atoms with van der Waals surface area (Å²) in [5.41, 5.74) is 16.1. The second kappa shape index (κ2) is 11.2. The summed E-state index contributed by atoms with van der Waals surface area (Å²) in [6, 6.07) is 67.6. The second-order valence-electron chi connectivity index (χ2n) is 14.5. The van der Waals surface area contributed by atoms with Crippen LogP contribution in [0, 0.1) is 0 Å². The highest BCUT2D eigenvalue weighted by atomic mass is 32.1. The van der Waals surface area contributed by atoms with Crippen LogP contribution in [0.2, 0.25) is 0 Å². The molecule has 2 aromatic heterocycles. The van der Waals surface area contributed by atoms with Crippen LogP contribution in [-0.4, -0.2) is 4.57 Å². The van der Waals surface area contributed by atoms with Crippen LogP contribution in [0.5, 0.6) is 0 Å². The Labute approximate surface area is 317 Å². The van der Waals surface area contributed by atoms with Gasteiger partial charge in [-0.3, -0.25) is 0 Å². The minimum atomic E-state index is -0.418. The molecule has 0 saturated heterocycles. The molecule has 0 bridgehead atoms. The van der Waals surface area contributed by atoms with Crippen molar-refractivity contribution in [2.75, 3.05) is 4.90 Å². The van der Waals surface area contributed by atoms with Gasteiger partial charge in [0, 0.05) is 34.0 Å². The fraction of sp³-hybridized carbons (Fsp3) is 0.0196. The van der Waals surface area contributed by atoms with Gasteiger partial charge < -0.3 is 9.47 Å².